The van der Waals surface area contributed by atoms with E-state index in [2.05, 4.69) is 37.5 Å². The van der Waals surface area contributed by atoms with Crippen molar-refractivity contribution in [2.45, 2.75) is 169 Å². The number of nitrogens with zero attached hydrogens (tertiary/aromatic N) is 4. The van der Waals surface area contributed by atoms with Crippen molar-refractivity contribution in [2.24, 2.45) is 5.92 Å². The number of imide groups is 1. The number of amides is 3. The van der Waals surface area contributed by atoms with E-state index in [0.717, 1.165) is 51.9 Å². The summed E-state index contributed by atoms with van der Waals surface area (Å²) in [5.41, 5.74) is 0. The summed E-state index contributed by atoms with van der Waals surface area (Å²) >= 11 is 0. The smallest absolute Gasteiger partial charge is 0.299 e. The van der Waals surface area contributed by atoms with E-state index in [1.807, 2.05) is 4.90 Å². The summed E-state index contributed by atoms with van der Waals surface area (Å²) in [5.74, 6) is 0.403. The molecule has 0 N–H and O–H groups in total. The molecule has 0 aromatic heterocycles. The fourth-order valence-electron chi connectivity index (χ4n) is 6.82. The van der Waals surface area contributed by atoms with Gasteiger partial charge < -0.3 is 0 Å². The number of carbonyl (C=O) groups is 2. The van der Waals surface area contributed by atoms with Crippen LogP contribution >= 0.6 is 0 Å². The third-order valence-electron chi connectivity index (χ3n) is 9.43. The van der Waals surface area contributed by atoms with E-state index in [0.29, 0.717) is 19.3 Å². The average Bonchev–Trinajstić information content (AvgIpc) is 3.21. The summed E-state index contributed by atoms with van der Waals surface area (Å²) in [6.07, 6.45) is 25.4. The Kier molecular flexibility index (Phi) is 19.7. The normalized spacial score (nSPS) is 18.5. The van der Waals surface area contributed by atoms with Gasteiger partial charge in [-0.15, -0.1) is 0 Å². The SMILES string of the molecule is CCCCCCN(CCCCCC)CN1C(=O)C(C2CCCCC2)N(CN(CCCCCC)CCCCCC)C1=O. The number of urea groups is 1. The summed E-state index contributed by atoms with van der Waals surface area (Å²) in [7, 11) is 0. The Balaban J connectivity index is 2.17. The fraction of sp³-hybridized carbons (Fsp3) is 0.943. The molecule has 0 spiro atoms. The van der Waals surface area contributed by atoms with Gasteiger partial charge in [0.25, 0.3) is 5.91 Å². The highest BCUT2D eigenvalue weighted by atomic mass is 16.2. The van der Waals surface area contributed by atoms with Crippen molar-refractivity contribution in [1.29, 1.82) is 0 Å². The molecule has 1 heterocycles. The first-order chi connectivity index (χ1) is 20.1. The highest BCUT2D eigenvalue weighted by Gasteiger charge is 2.49. The standard InChI is InChI=1S/C35H68N4O2/c1-5-9-13-20-26-36(27-21-14-10-6-2)30-38-33(32-24-18-17-19-25-32)34(40)39(35(38)41)31-37(28-22-15-11-7-3)29-23-16-12-8-4/h32-33H,5-31H2,1-4H3. The Morgan fingerprint density at radius 1 is 0.561 bits per heavy atom. The summed E-state index contributed by atoms with van der Waals surface area (Å²) < 4.78 is 0. The molecule has 2 fully saturated rings. The number of hydrogen-bond acceptors (Lipinski definition) is 4. The minimum absolute atomic E-state index is 0.0233. The topological polar surface area (TPSA) is 47.1 Å². The van der Waals surface area contributed by atoms with Crippen LogP contribution in [-0.4, -0.2) is 77.1 Å². The molecule has 240 valence electrons. The molecule has 6 heteroatoms. The molecule has 2 rings (SSSR count). The van der Waals surface area contributed by atoms with Crippen LogP contribution in [0.4, 0.5) is 4.79 Å². The average molecular weight is 577 g/mol. The van der Waals surface area contributed by atoms with Crippen LogP contribution in [0.15, 0.2) is 0 Å². The quantitative estimate of drug-likeness (QED) is 0.0803. The van der Waals surface area contributed by atoms with Crippen LogP contribution in [0.25, 0.3) is 0 Å². The molecule has 6 nitrogen and oxygen atoms in total. The third kappa shape index (κ3) is 13.4. The van der Waals surface area contributed by atoms with Gasteiger partial charge in [0.2, 0.25) is 0 Å². The molecule has 0 aromatic rings. The first kappa shape index (κ1) is 36.1. The van der Waals surface area contributed by atoms with E-state index in [-0.39, 0.29) is 18.0 Å². The van der Waals surface area contributed by atoms with E-state index < -0.39 is 0 Å². The zero-order valence-electron chi connectivity index (χ0n) is 27.9. The monoisotopic (exact) mass is 577 g/mol. The zero-order chi connectivity index (χ0) is 29.7. The van der Waals surface area contributed by atoms with Crippen LogP contribution in [0, 0.1) is 5.92 Å². The lowest BCUT2D eigenvalue weighted by molar-refractivity contribution is -0.131. The lowest BCUT2D eigenvalue weighted by Crippen LogP contribution is -2.48. The highest BCUT2D eigenvalue weighted by molar-refractivity contribution is 6.04. The number of unbranched alkanes of at least 4 members (excludes halogenated alkanes) is 12. The van der Waals surface area contributed by atoms with Crippen molar-refractivity contribution in [2.75, 3.05) is 39.5 Å². The second kappa shape index (κ2) is 22.4. The maximum atomic E-state index is 14.1. The van der Waals surface area contributed by atoms with E-state index in [4.69, 9.17) is 0 Å². The fourth-order valence-corrected chi connectivity index (χ4v) is 6.82. The van der Waals surface area contributed by atoms with Gasteiger partial charge in [-0.3, -0.25) is 19.5 Å². The zero-order valence-corrected chi connectivity index (χ0v) is 27.9. The molecule has 41 heavy (non-hydrogen) atoms. The van der Waals surface area contributed by atoms with Crippen molar-refractivity contribution >= 4 is 11.9 Å². The van der Waals surface area contributed by atoms with Gasteiger partial charge in [0.05, 0.1) is 13.3 Å². The van der Waals surface area contributed by atoms with Gasteiger partial charge >= 0.3 is 6.03 Å². The number of carbonyl (C=O) groups excluding carboxylic acids is 2. The maximum Gasteiger partial charge on any atom is 0.329 e. The summed E-state index contributed by atoms with van der Waals surface area (Å²) in [6, 6.07) is -0.288. The van der Waals surface area contributed by atoms with Gasteiger partial charge in [-0.25, -0.2) is 9.69 Å². The van der Waals surface area contributed by atoms with Crippen LogP contribution < -0.4 is 0 Å². The third-order valence-corrected chi connectivity index (χ3v) is 9.43. The minimum Gasteiger partial charge on any atom is -0.299 e. The Bertz CT molecular complexity index is 657. The van der Waals surface area contributed by atoms with Crippen LogP contribution in [0.1, 0.15) is 163 Å². The van der Waals surface area contributed by atoms with E-state index in [1.165, 1.54) is 109 Å². The summed E-state index contributed by atoms with van der Waals surface area (Å²) in [4.78, 5) is 36.8. The largest absolute Gasteiger partial charge is 0.329 e. The van der Waals surface area contributed by atoms with Crippen molar-refractivity contribution < 1.29 is 9.59 Å². The molecule has 1 saturated carbocycles. The molecule has 3 amide bonds. The predicted molar refractivity (Wildman–Crippen MR) is 174 cm³/mol. The van der Waals surface area contributed by atoms with Crippen molar-refractivity contribution in [3.05, 3.63) is 0 Å². The van der Waals surface area contributed by atoms with Crippen molar-refractivity contribution in [3.8, 4) is 0 Å². The molecule has 0 radical (unpaired) electrons. The molecule has 1 saturated heterocycles. The van der Waals surface area contributed by atoms with Crippen molar-refractivity contribution in [1.82, 2.24) is 19.6 Å². The van der Waals surface area contributed by atoms with Gasteiger partial charge in [-0.05, 0) is 70.6 Å². The van der Waals surface area contributed by atoms with Crippen LogP contribution in [0.3, 0.4) is 0 Å². The molecule has 1 aliphatic heterocycles. The number of hydrogen-bond donors (Lipinski definition) is 0. The molecule has 2 aliphatic rings. The Morgan fingerprint density at radius 2 is 0.976 bits per heavy atom. The van der Waals surface area contributed by atoms with Crippen LogP contribution in [0.2, 0.25) is 0 Å². The molecular formula is C35H68N4O2. The van der Waals surface area contributed by atoms with Crippen LogP contribution in [0.5, 0.6) is 0 Å². The molecule has 1 aliphatic carbocycles. The van der Waals surface area contributed by atoms with Gasteiger partial charge in [0.15, 0.2) is 0 Å². The lowest BCUT2D eigenvalue weighted by Gasteiger charge is -2.35. The second-order valence-corrected chi connectivity index (χ2v) is 13.1. The van der Waals surface area contributed by atoms with Crippen molar-refractivity contribution in [3.63, 3.8) is 0 Å². The second-order valence-electron chi connectivity index (χ2n) is 13.1. The predicted octanol–water partition coefficient (Wildman–Crippen LogP) is 9.04. The molecule has 0 bridgehead atoms. The number of rotatable bonds is 25. The first-order valence-electron chi connectivity index (χ1n) is 18.1. The Labute approximate surface area is 254 Å². The van der Waals surface area contributed by atoms with E-state index in [1.54, 1.807) is 4.90 Å². The molecule has 0 aromatic carbocycles. The van der Waals surface area contributed by atoms with E-state index >= 15 is 0 Å². The maximum absolute atomic E-state index is 14.1. The molecule has 1 unspecified atom stereocenters. The van der Waals surface area contributed by atoms with Gasteiger partial charge in [-0.2, -0.15) is 0 Å². The van der Waals surface area contributed by atoms with Gasteiger partial charge in [-0.1, -0.05) is 124 Å². The summed E-state index contributed by atoms with van der Waals surface area (Å²) in [5, 5.41) is 0. The Hall–Kier alpha value is -1.14. The van der Waals surface area contributed by atoms with Crippen LogP contribution in [-0.2, 0) is 4.79 Å². The Morgan fingerprint density at radius 3 is 1.39 bits per heavy atom. The van der Waals surface area contributed by atoms with Gasteiger partial charge in [0, 0.05) is 0 Å². The highest BCUT2D eigenvalue weighted by Crippen LogP contribution is 2.34. The summed E-state index contributed by atoms with van der Waals surface area (Å²) in [6.45, 7) is 14.1. The molecular weight excluding hydrogens is 508 g/mol. The van der Waals surface area contributed by atoms with Gasteiger partial charge in [0.1, 0.15) is 6.04 Å². The molecule has 1 atom stereocenters. The minimum atomic E-state index is -0.265. The first-order valence-corrected chi connectivity index (χ1v) is 18.1. The van der Waals surface area contributed by atoms with E-state index in [9.17, 15) is 9.59 Å². The lowest BCUT2D eigenvalue weighted by atomic mass is 9.83.